The summed E-state index contributed by atoms with van der Waals surface area (Å²) in [6.45, 7) is 5.83. The number of aromatic nitrogens is 2. The van der Waals surface area contributed by atoms with E-state index in [-0.39, 0.29) is 35.0 Å². The van der Waals surface area contributed by atoms with E-state index in [4.69, 9.17) is 0 Å². The summed E-state index contributed by atoms with van der Waals surface area (Å²) in [5.74, 6) is 0.741. The number of rotatable bonds is 7. The van der Waals surface area contributed by atoms with Gasteiger partial charge in [-0.25, -0.2) is 4.57 Å². The smallest absolute Gasteiger partial charge is 0.314 e. The maximum atomic E-state index is 12.7. The van der Waals surface area contributed by atoms with Crippen molar-refractivity contribution in [2.24, 2.45) is 10.5 Å². The molecule has 1 heterocycles. The first-order valence-electron chi connectivity index (χ1n) is 10.3. The van der Waals surface area contributed by atoms with Gasteiger partial charge in [0.15, 0.2) is 12.0 Å². The molecule has 0 aliphatic rings. The standard InChI is InChI=1S/C24H28N5O3.BrH/c1-24(2,3)22(30)17-27-14-15-28(23(27)19-8-12-21(13-9-19)29(31)32)25-16-18-6-10-20(11-7-18)26(4)5;/h6-16H,17H2,1-5H3;1H/q+1;/p-1/b25-16+;. The van der Waals surface area contributed by atoms with Crippen LogP contribution in [0.2, 0.25) is 0 Å². The van der Waals surface area contributed by atoms with Gasteiger partial charge >= 0.3 is 5.82 Å². The van der Waals surface area contributed by atoms with Crippen LogP contribution in [-0.4, -0.2) is 35.7 Å². The maximum absolute atomic E-state index is 12.7. The average Bonchev–Trinajstić information content (AvgIpc) is 3.14. The first-order valence-corrected chi connectivity index (χ1v) is 10.3. The van der Waals surface area contributed by atoms with Crippen molar-refractivity contribution in [1.82, 2.24) is 4.68 Å². The van der Waals surface area contributed by atoms with Crippen LogP contribution in [0.5, 0.6) is 0 Å². The van der Waals surface area contributed by atoms with E-state index in [1.807, 2.05) is 68.6 Å². The Labute approximate surface area is 204 Å². The number of hydrogen-bond donors (Lipinski definition) is 0. The molecule has 0 bridgehead atoms. The fourth-order valence-corrected chi connectivity index (χ4v) is 3.05. The second-order valence-electron chi connectivity index (χ2n) is 8.80. The molecule has 0 spiro atoms. The fourth-order valence-electron chi connectivity index (χ4n) is 3.05. The summed E-state index contributed by atoms with van der Waals surface area (Å²) in [6.07, 6.45) is 5.31. The van der Waals surface area contributed by atoms with Gasteiger partial charge in [0.1, 0.15) is 12.7 Å². The Hall–Kier alpha value is -3.33. The summed E-state index contributed by atoms with van der Waals surface area (Å²) >= 11 is 0. The topological polar surface area (TPSA) is 84.6 Å². The SMILES string of the molecule is CN(C)c1ccc(/C=N/n2cc[n+](CC(=O)C(C)(C)C)c2-c2ccc([N+](=O)[O-])cc2)cc1.[Br-]. The van der Waals surface area contributed by atoms with Gasteiger partial charge in [-0.05, 0) is 29.8 Å². The highest BCUT2D eigenvalue weighted by atomic mass is 79.9. The van der Waals surface area contributed by atoms with E-state index in [1.54, 1.807) is 35.4 Å². The number of benzene rings is 2. The molecule has 0 unspecified atom stereocenters. The van der Waals surface area contributed by atoms with Gasteiger partial charge in [-0.15, -0.1) is 4.68 Å². The molecule has 0 fully saturated rings. The largest absolute Gasteiger partial charge is 1.00 e. The van der Waals surface area contributed by atoms with Gasteiger partial charge in [0.05, 0.1) is 16.7 Å². The van der Waals surface area contributed by atoms with E-state index in [2.05, 4.69) is 5.10 Å². The Kier molecular flexibility index (Phi) is 8.27. The highest BCUT2D eigenvalue weighted by Crippen LogP contribution is 2.22. The summed E-state index contributed by atoms with van der Waals surface area (Å²) in [5, 5.41) is 15.6. The molecule has 0 aliphatic heterocycles. The number of imidazole rings is 1. The first-order chi connectivity index (χ1) is 15.1. The normalized spacial score (nSPS) is 11.3. The second kappa shape index (κ2) is 10.5. The molecule has 9 heteroatoms. The summed E-state index contributed by atoms with van der Waals surface area (Å²) in [7, 11) is 3.97. The van der Waals surface area contributed by atoms with E-state index in [9.17, 15) is 14.9 Å². The van der Waals surface area contributed by atoms with Gasteiger partial charge in [-0.3, -0.25) is 14.9 Å². The molecule has 0 amide bonds. The third-order valence-electron chi connectivity index (χ3n) is 5.10. The molecule has 1 aromatic heterocycles. The predicted octanol–water partition coefficient (Wildman–Crippen LogP) is 0.918. The van der Waals surface area contributed by atoms with Crippen molar-refractivity contribution < 1.29 is 31.3 Å². The summed E-state index contributed by atoms with van der Waals surface area (Å²) < 4.78 is 3.50. The van der Waals surface area contributed by atoms with Crippen molar-refractivity contribution in [1.29, 1.82) is 0 Å². The number of hydrogen-bond acceptors (Lipinski definition) is 5. The van der Waals surface area contributed by atoms with Gasteiger partial charge in [-0.2, -0.15) is 0 Å². The van der Waals surface area contributed by atoms with E-state index in [1.165, 1.54) is 12.1 Å². The number of carbonyl (C=O) groups is 1. The number of nitro benzene ring substituents is 1. The highest BCUT2D eigenvalue weighted by Gasteiger charge is 2.28. The molecule has 0 aliphatic carbocycles. The Morgan fingerprint density at radius 1 is 1.12 bits per heavy atom. The molecule has 0 saturated heterocycles. The van der Waals surface area contributed by atoms with Crippen molar-refractivity contribution in [3.63, 3.8) is 0 Å². The molecule has 3 aromatic rings. The monoisotopic (exact) mass is 513 g/mol. The van der Waals surface area contributed by atoms with Crippen LogP contribution in [0.1, 0.15) is 26.3 Å². The Morgan fingerprint density at radius 2 is 1.73 bits per heavy atom. The average molecular weight is 514 g/mol. The molecule has 174 valence electrons. The third kappa shape index (κ3) is 6.35. The van der Waals surface area contributed by atoms with Gasteiger partial charge < -0.3 is 21.9 Å². The fraction of sp³-hybridized carbons (Fsp3) is 0.292. The van der Waals surface area contributed by atoms with E-state index in [0.29, 0.717) is 5.82 Å². The zero-order chi connectivity index (χ0) is 23.5. The van der Waals surface area contributed by atoms with E-state index < -0.39 is 10.3 Å². The van der Waals surface area contributed by atoms with Crippen molar-refractivity contribution in [3.8, 4) is 11.4 Å². The molecule has 0 atom stereocenters. The third-order valence-corrected chi connectivity index (χ3v) is 5.10. The summed E-state index contributed by atoms with van der Waals surface area (Å²) in [5.41, 5.74) is 2.26. The minimum absolute atomic E-state index is 0. The zero-order valence-corrected chi connectivity index (χ0v) is 21.0. The number of nitro groups is 1. The number of anilines is 1. The number of Topliss-reactive ketones (excluding diaryl/α,β-unsaturated/α-hetero) is 1. The van der Waals surface area contributed by atoms with Crippen molar-refractivity contribution >= 4 is 23.4 Å². The quantitative estimate of drug-likeness (QED) is 0.203. The zero-order valence-electron chi connectivity index (χ0n) is 19.4. The number of ketones is 1. The van der Waals surface area contributed by atoms with Gasteiger partial charge in [-0.1, -0.05) is 38.0 Å². The number of halogens is 1. The maximum Gasteiger partial charge on any atom is 0.314 e. The summed E-state index contributed by atoms with van der Waals surface area (Å²) in [6, 6.07) is 14.2. The number of nitrogens with zero attached hydrogens (tertiary/aromatic N) is 5. The minimum Gasteiger partial charge on any atom is -1.00 e. The van der Waals surface area contributed by atoms with Crippen LogP contribution in [0.3, 0.4) is 0 Å². The lowest BCUT2D eigenvalue weighted by molar-refractivity contribution is -0.673. The number of carbonyl (C=O) groups excluding carboxylic acids is 1. The van der Waals surface area contributed by atoms with Crippen molar-refractivity contribution in [3.05, 3.63) is 76.6 Å². The van der Waals surface area contributed by atoms with Gasteiger partial charge in [0, 0.05) is 37.3 Å². The van der Waals surface area contributed by atoms with Crippen LogP contribution < -0.4 is 26.4 Å². The van der Waals surface area contributed by atoms with Crippen LogP contribution in [0.25, 0.3) is 11.4 Å². The van der Waals surface area contributed by atoms with Crippen LogP contribution in [0.4, 0.5) is 11.4 Å². The molecule has 0 N–H and O–H groups in total. The second-order valence-corrected chi connectivity index (χ2v) is 8.80. The molecule has 33 heavy (non-hydrogen) atoms. The van der Waals surface area contributed by atoms with Crippen molar-refractivity contribution in [2.75, 3.05) is 19.0 Å². The predicted molar refractivity (Wildman–Crippen MR) is 125 cm³/mol. The Balaban J connectivity index is 0.00000385. The Bertz CT molecular complexity index is 1140. The van der Waals surface area contributed by atoms with Gasteiger partial charge in [0.2, 0.25) is 0 Å². The number of non-ortho nitro benzene ring substituents is 1. The van der Waals surface area contributed by atoms with E-state index >= 15 is 0 Å². The lowest BCUT2D eigenvalue weighted by Crippen LogP contribution is -3.00. The molecular weight excluding hydrogens is 486 g/mol. The molecule has 0 saturated carbocycles. The minimum atomic E-state index is -0.487. The molecule has 0 radical (unpaired) electrons. The van der Waals surface area contributed by atoms with Crippen LogP contribution in [0.15, 0.2) is 66.0 Å². The van der Waals surface area contributed by atoms with Crippen LogP contribution in [0, 0.1) is 15.5 Å². The van der Waals surface area contributed by atoms with E-state index in [0.717, 1.165) is 16.8 Å². The van der Waals surface area contributed by atoms with Gasteiger partial charge in [0.25, 0.3) is 5.69 Å². The molecule has 8 nitrogen and oxygen atoms in total. The molecule has 3 rings (SSSR count). The first kappa shape index (κ1) is 25.9. The molecule has 2 aromatic carbocycles. The lowest BCUT2D eigenvalue weighted by atomic mass is 9.91. The van der Waals surface area contributed by atoms with Crippen molar-refractivity contribution in [2.45, 2.75) is 27.3 Å². The summed E-state index contributed by atoms with van der Waals surface area (Å²) in [4.78, 5) is 25.3. The van der Waals surface area contributed by atoms with Crippen LogP contribution in [-0.2, 0) is 11.3 Å². The highest BCUT2D eigenvalue weighted by molar-refractivity contribution is 5.82. The lowest BCUT2D eigenvalue weighted by Gasteiger charge is -2.15. The Morgan fingerprint density at radius 3 is 2.24 bits per heavy atom. The molecular formula is C24H28BrN5O3. The van der Waals surface area contributed by atoms with Crippen LogP contribution >= 0.6 is 0 Å².